The number of nitrogens with one attached hydrogen (secondary N) is 1. The van der Waals surface area contributed by atoms with E-state index < -0.39 is 10.0 Å². The first-order valence-electron chi connectivity index (χ1n) is 5.56. The van der Waals surface area contributed by atoms with Crippen molar-refractivity contribution in [3.8, 4) is 0 Å². The zero-order valence-electron chi connectivity index (χ0n) is 10.0. The van der Waals surface area contributed by atoms with Gasteiger partial charge in [0.25, 0.3) is 0 Å². The Morgan fingerprint density at radius 2 is 2.05 bits per heavy atom. The van der Waals surface area contributed by atoms with Gasteiger partial charge in [-0.1, -0.05) is 11.6 Å². The highest BCUT2D eigenvalue weighted by atomic mass is 79.9. The summed E-state index contributed by atoms with van der Waals surface area (Å²) in [6.07, 6.45) is 2.78. The number of rotatable bonds is 4. The number of hydrogen-bond acceptors (Lipinski definition) is 3. The average Bonchev–Trinajstić information content (AvgIpc) is 2.27. The topological polar surface area (TPSA) is 72.2 Å². The number of sulfonamides is 1. The molecule has 1 fully saturated rings. The maximum Gasteiger partial charge on any atom is 0.240 e. The van der Waals surface area contributed by atoms with Crippen molar-refractivity contribution in [3.05, 3.63) is 27.7 Å². The van der Waals surface area contributed by atoms with Crippen molar-refractivity contribution in [2.45, 2.75) is 29.7 Å². The van der Waals surface area contributed by atoms with Crippen LogP contribution in [0.4, 0.5) is 0 Å². The fraction of sp³-hybridized carbons (Fsp3) is 0.455. The molecule has 1 aromatic rings. The van der Waals surface area contributed by atoms with E-state index in [1.54, 1.807) is 6.07 Å². The predicted octanol–water partition coefficient (Wildman–Crippen LogP) is 2.68. The molecule has 0 bridgehead atoms. The Labute approximate surface area is 132 Å². The molecule has 0 heterocycles. The first kappa shape index (κ1) is 17.2. The number of nitrogens with two attached hydrogens (primary N) is 1. The van der Waals surface area contributed by atoms with Crippen molar-refractivity contribution in [2.75, 3.05) is 6.54 Å². The van der Waals surface area contributed by atoms with Gasteiger partial charge in [0, 0.05) is 16.6 Å². The molecule has 3 N–H and O–H groups in total. The van der Waals surface area contributed by atoms with Crippen LogP contribution in [0, 0.1) is 0 Å². The molecule has 0 unspecified atom stereocenters. The summed E-state index contributed by atoms with van der Waals surface area (Å²) in [7, 11) is -3.53. The maximum atomic E-state index is 12.1. The van der Waals surface area contributed by atoms with Crippen LogP contribution in [-0.4, -0.2) is 20.5 Å². The molecule has 0 saturated heterocycles. The third-order valence-corrected chi connectivity index (χ3v) is 5.78. The van der Waals surface area contributed by atoms with Gasteiger partial charge in [0.1, 0.15) is 0 Å². The van der Waals surface area contributed by atoms with Gasteiger partial charge in [-0.05, 0) is 53.4 Å². The average molecular weight is 390 g/mol. The van der Waals surface area contributed by atoms with Crippen LogP contribution in [0.15, 0.2) is 27.6 Å². The molecule has 1 aromatic carbocycles. The van der Waals surface area contributed by atoms with Crippen LogP contribution >= 0.6 is 39.9 Å². The molecular weight excluding hydrogens is 375 g/mol. The van der Waals surface area contributed by atoms with E-state index in [1.807, 2.05) is 0 Å². The monoisotopic (exact) mass is 388 g/mol. The van der Waals surface area contributed by atoms with Crippen molar-refractivity contribution in [1.82, 2.24) is 4.72 Å². The van der Waals surface area contributed by atoms with Gasteiger partial charge in [0.05, 0.1) is 9.92 Å². The van der Waals surface area contributed by atoms with Gasteiger partial charge in [0.15, 0.2) is 0 Å². The molecule has 108 valence electrons. The maximum absolute atomic E-state index is 12.1. The van der Waals surface area contributed by atoms with Crippen molar-refractivity contribution < 1.29 is 8.42 Å². The normalized spacial score (nSPS) is 17.4. The number of halogens is 3. The highest BCUT2D eigenvalue weighted by Crippen LogP contribution is 2.29. The molecule has 1 aliphatic carbocycles. The van der Waals surface area contributed by atoms with E-state index >= 15 is 0 Å². The predicted molar refractivity (Wildman–Crippen MR) is 82.4 cm³/mol. The summed E-state index contributed by atoms with van der Waals surface area (Å²) in [6, 6.07) is 4.50. The van der Waals surface area contributed by atoms with Crippen LogP contribution in [0.5, 0.6) is 0 Å². The first-order chi connectivity index (χ1) is 8.32. The summed E-state index contributed by atoms with van der Waals surface area (Å²) < 4.78 is 27.2. The van der Waals surface area contributed by atoms with Crippen molar-refractivity contribution in [2.24, 2.45) is 5.73 Å². The second-order valence-electron chi connectivity index (χ2n) is 4.62. The lowest BCUT2D eigenvalue weighted by atomic mass is 9.78. The fourth-order valence-corrected chi connectivity index (χ4v) is 3.59. The van der Waals surface area contributed by atoms with Gasteiger partial charge in [-0.15, -0.1) is 12.4 Å². The smallest absolute Gasteiger partial charge is 0.240 e. The molecular formula is C11H15BrCl2N2O2S. The molecule has 0 aromatic heterocycles. The molecule has 1 saturated carbocycles. The Hall–Kier alpha value is 0.150. The summed E-state index contributed by atoms with van der Waals surface area (Å²) >= 11 is 9.03. The van der Waals surface area contributed by atoms with Gasteiger partial charge in [-0.3, -0.25) is 0 Å². The molecule has 1 aliphatic rings. The van der Waals surface area contributed by atoms with E-state index in [4.69, 9.17) is 17.3 Å². The molecule has 8 heteroatoms. The molecule has 4 nitrogen and oxygen atoms in total. The summed E-state index contributed by atoms with van der Waals surface area (Å²) in [4.78, 5) is 0.182. The largest absolute Gasteiger partial charge is 0.324 e. The Bertz CT molecular complexity index is 562. The second kappa shape index (κ2) is 6.28. The Kier molecular flexibility index (Phi) is 5.69. The highest BCUT2D eigenvalue weighted by molar-refractivity contribution is 9.10. The van der Waals surface area contributed by atoms with E-state index in [2.05, 4.69) is 20.7 Å². The molecule has 0 radical (unpaired) electrons. The Morgan fingerprint density at radius 3 is 2.53 bits per heavy atom. The second-order valence-corrected chi connectivity index (χ2v) is 7.64. The Balaban J connectivity index is 0.00000180. The first-order valence-corrected chi connectivity index (χ1v) is 8.21. The van der Waals surface area contributed by atoms with Crippen LogP contribution in [0.2, 0.25) is 5.02 Å². The van der Waals surface area contributed by atoms with Crippen LogP contribution < -0.4 is 10.5 Å². The lowest BCUT2D eigenvalue weighted by Gasteiger charge is -2.38. The van der Waals surface area contributed by atoms with Gasteiger partial charge >= 0.3 is 0 Å². The van der Waals surface area contributed by atoms with Gasteiger partial charge < -0.3 is 5.73 Å². The standard InChI is InChI=1S/C11H14BrClN2O2S.ClH/c12-9-6-8(2-3-10(9)13)18(16,17)15-7-11(14)4-1-5-11;/h2-3,6,15H,1,4-5,7,14H2;1H. The lowest BCUT2D eigenvalue weighted by molar-refractivity contribution is 0.251. The molecule has 2 rings (SSSR count). The third-order valence-electron chi connectivity index (χ3n) is 3.16. The summed E-state index contributed by atoms with van der Waals surface area (Å²) in [5, 5.41) is 0.475. The quantitative estimate of drug-likeness (QED) is 0.831. The van der Waals surface area contributed by atoms with E-state index in [9.17, 15) is 8.42 Å². The van der Waals surface area contributed by atoms with E-state index in [0.717, 1.165) is 19.3 Å². The molecule has 0 aliphatic heterocycles. The van der Waals surface area contributed by atoms with Crippen LogP contribution in [-0.2, 0) is 10.0 Å². The highest BCUT2D eigenvalue weighted by Gasteiger charge is 2.33. The SMILES string of the molecule is Cl.NC1(CNS(=O)(=O)c2ccc(Cl)c(Br)c2)CCC1. The molecule has 0 amide bonds. The van der Waals surface area contributed by atoms with E-state index in [1.165, 1.54) is 12.1 Å². The van der Waals surface area contributed by atoms with Crippen LogP contribution in [0.1, 0.15) is 19.3 Å². The van der Waals surface area contributed by atoms with Gasteiger partial charge in [0.2, 0.25) is 10.0 Å². The Morgan fingerprint density at radius 1 is 1.42 bits per heavy atom. The summed E-state index contributed by atoms with van der Waals surface area (Å²) in [6.45, 7) is 0.273. The van der Waals surface area contributed by atoms with Crippen molar-refractivity contribution in [3.63, 3.8) is 0 Å². The van der Waals surface area contributed by atoms with Crippen molar-refractivity contribution >= 4 is 50.0 Å². The van der Waals surface area contributed by atoms with E-state index in [-0.39, 0.29) is 29.4 Å². The zero-order chi connectivity index (χ0) is 13.4. The van der Waals surface area contributed by atoms with Crippen LogP contribution in [0.3, 0.4) is 0 Å². The number of benzene rings is 1. The molecule has 0 atom stereocenters. The lowest BCUT2D eigenvalue weighted by Crippen LogP contribution is -2.54. The van der Waals surface area contributed by atoms with Crippen molar-refractivity contribution in [1.29, 1.82) is 0 Å². The summed E-state index contributed by atoms with van der Waals surface area (Å²) in [5.74, 6) is 0. The zero-order valence-corrected chi connectivity index (χ0v) is 14.0. The van der Waals surface area contributed by atoms with Gasteiger partial charge in [-0.2, -0.15) is 0 Å². The minimum absolute atomic E-state index is 0. The summed E-state index contributed by atoms with van der Waals surface area (Å²) in [5.41, 5.74) is 5.61. The number of hydrogen-bond donors (Lipinski definition) is 2. The van der Waals surface area contributed by atoms with E-state index in [0.29, 0.717) is 9.50 Å². The fourth-order valence-electron chi connectivity index (χ4n) is 1.77. The minimum Gasteiger partial charge on any atom is -0.324 e. The van der Waals surface area contributed by atoms with Gasteiger partial charge in [-0.25, -0.2) is 13.1 Å². The van der Waals surface area contributed by atoms with Crippen LogP contribution in [0.25, 0.3) is 0 Å². The third kappa shape index (κ3) is 4.06. The molecule has 0 spiro atoms. The molecule has 19 heavy (non-hydrogen) atoms. The minimum atomic E-state index is -3.53.